The average molecular weight is 291 g/mol. The number of amides is 1. The maximum Gasteiger partial charge on any atom is 0.223 e. The molecule has 21 heavy (non-hydrogen) atoms. The summed E-state index contributed by atoms with van der Waals surface area (Å²) < 4.78 is 13.6. The predicted molar refractivity (Wildman–Crippen MR) is 74.2 cm³/mol. The van der Waals surface area contributed by atoms with Crippen molar-refractivity contribution < 1.29 is 19.1 Å². The van der Waals surface area contributed by atoms with Gasteiger partial charge in [0.05, 0.1) is 17.6 Å². The minimum atomic E-state index is -1.04. The monoisotopic (exact) mass is 291 g/mol. The van der Waals surface area contributed by atoms with Crippen molar-refractivity contribution in [3.63, 3.8) is 0 Å². The molecule has 1 N–H and O–H groups in total. The van der Waals surface area contributed by atoms with Crippen LogP contribution in [0.3, 0.4) is 0 Å². The number of aliphatic hydroxyl groups excluding tert-OH is 1. The lowest BCUT2D eigenvalue weighted by molar-refractivity contribution is -0.134. The van der Waals surface area contributed by atoms with E-state index < -0.39 is 23.4 Å². The molecule has 0 bridgehead atoms. The second-order valence-corrected chi connectivity index (χ2v) is 6.36. The Kier molecular flexibility index (Phi) is 3.13. The molecular weight excluding hydrogens is 273 g/mol. The van der Waals surface area contributed by atoms with E-state index in [2.05, 4.69) is 0 Å². The molecule has 0 spiro atoms. The molecule has 1 aliphatic carbocycles. The molecule has 1 amide bonds. The van der Waals surface area contributed by atoms with Gasteiger partial charge in [-0.2, -0.15) is 0 Å². The van der Waals surface area contributed by atoms with E-state index in [9.17, 15) is 19.1 Å². The van der Waals surface area contributed by atoms with Gasteiger partial charge in [0, 0.05) is 18.5 Å². The van der Waals surface area contributed by atoms with Crippen LogP contribution in [0.15, 0.2) is 18.2 Å². The van der Waals surface area contributed by atoms with Crippen LogP contribution in [0.1, 0.15) is 48.7 Å². The van der Waals surface area contributed by atoms with Crippen molar-refractivity contribution in [1.29, 1.82) is 0 Å². The quantitative estimate of drug-likeness (QED) is 0.861. The van der Waals surface area contributed by atoms with Crippen molar-refractivity contribution in [2.45, 2.75) is 38.8 Å². The Morgan fingerprint density at radius 1 is 1.33 bits per heavy atom. The standard InChI is InChI=1S/C16H18FNO3/c1-16(2)14(20)10-6-5-9(17)8-11(10)13(15(16)21)18-7-3-4-12(18)19/h5-6,8,13,15,21H,3-4,7H2,1-2H3/t13-,15+/m1/s1. The average Bonchev–Trinajstić information content (AvgIpc) is 2.83. The number of carbonyl (C=O) groups excluding carboxylic acids is 2. The number of benzene rings is 1. The minimum absolute atomic E-state index is 0.0561. The summed E-state index contributed by atoms with van der Waals surface area (Å²) in [6, 6.07) is 3.31. The van der Waals surface area contributed by atoms with Gasteiger partial charge in [-0.25, -0.2) is 4.39 Å². The molecular formula is C16H18FNO3. The fourth-order valence-electron chi connectivity index (χ4n) is 3.33. The number of aliphatic hydroxyl groups is 1. The topological polar surface area (TPSA) is 57.6 Å². The summed E-state index contributed by atoms with van der Waals surface area (Å²) in [5.74, 6) is -0.739. The van der Waals surface area contributed by atoms with E-state index in [1.165, 1.54) is 18.2 Å². The number of rotatable bonds is 1. The van der Waals surface area contributed by atoms with Gasteiger partial charge >= 0.3 is 0 Å². The summed E-state index contributed by atoms with van der Waals surface area (Å²) >= 11 is 0. The lowest BCUT2D eigenvalue weighted by Gasteiger charge is -2.44. The van der Waals surface area contributed by atoms with Crippen LogP contribution in [0.25, 0.3) is 0 Å². The highest BCUT2D eigenvalue weighted by Gasteiger charge is 2.50. The van der Waals surface area contributed by atoms with Gasteiger partial charge in [-0.05, 0) is 44.0 Å². The molecule has 4 nitrogen and oxygen atoms in total. The van der Waals surface area contributed by atoms with Gasteiger partial charge in [0.15, 0.2) is 5.78 Å². The first kappa shape index (κ1) is 14.2. The Hall–Kier alpha value is -1.75. The van der Waals surface area contributed by atoms with E-state index in [0.717, 1.165) is 6.42 Å². The smallest absolute Gasteiger partial charge is 0.223 e. The van der Waals surface area contributed by atoms with Crippen molar-refractivity contribution >= 4 is 11.7 Å². The van der Waals surface area contributed by atoms with Crippen molar-refractivity contribution in [3.8, 4) is 0 Å². The number of hydrogen-bond donors (Lipinski definition) is 1. The third kappa shape index (κ3) is 1.99. The van der Waals surface area contributed by atoms with Crippen molar-refractivity contribution in [1.82, 2.24) is 4.90 Å². The largest absolute Gasteiger partial charge is 0.390 e. The maximum atomic E-state index is 13.6. The fourth-order valence-corrected chi connectivity index (χ4v) is 3.33. The molecule has 3 rings (SSSR count). The van der Waals surface area contributed by atoms with E-state index in [0.29, 0.717) is 24.1 Å². The molecule has 112 valence electrons. The van der Waals surface area contributed by atoms with E-state index in [1.54, 1.807) is 18.7 Å². The molecule has 1 saturated heterocycles. The molecule has 0 saturated carbocycles. The second-order valence-electron chi connectivity index (χ2n) is 6.36. The highest BCUT2D eigenvalue weighted by molar-refractivity contribution is 6.03. The first-order valence-corrected chi connectivity index (χ1v) is 7.16. The van der Waals surface area contributed by atoms with Crippen molar-refractivity contribution in [3.05, 3.63) is 35.1 Å². The van der Waals surface area contributed by atoms with E-state index in [4.69, 9.17) is 0 Å². The van der Waals surface area contributed by atoms with Gasteiger partial charge in [0.25, 0.3) is 0 Å². The lowest BCUT2D eigenvalue weighted by atomic mass is 9.68. The van der Waals surface area contributed by atoms with Crippen LogP contribution in [0.5, 0.6) is 0 Å². The Labute approximate surface area is 122 Å². The molecule has 0 unspecified atom stereocenters. The van der Waals surface area contributed by atoms with Gasteiger partial charge in [0.2, 0.25) is 5.91 Å². The molecule has 1 aromatic carbocycles. The van der Waals surface area contributed by atoms with Crippen molar-refractivity contribution in [2.24, 2.45) is 5.41 Å². The zero-order chi connectivity index (χ0) is 15.4. The SMILES string of the molecule is CC1(C)C(=O)c2ccc(F)cc2[C@@H](N2CCCC2=O)[C@@H]1O. The Bertz CT molecular complexity index is 626. The Morgan fingerprint density at radius 3 is 2.67 bits per heavy atom. The zero-order valence-corrected chi connectivity index (χ0v) is 12.1. The number of likely N-dealkylation sites (tertiary alicyclic amines) is 1. The van der Waals surface area contributed by atoms with Crippen LogP contribution in [-0.2, 0) is 4.79 Å². The third-order valence-electron chi connectivity index (χ3n) is 4.65. The number of fused-ring (bicyclic) bond motifs is 1. The number of Topliss-reactive ketones (excluding diaryl/α,β-unsaturated/α-hetero) is 1. The first-order chi connectivity index (χ1) is 9.84. The van der Waals surface area contributed by atoms with Crippen LogP contribution < -0.4 is 0 Å². The molecule has 1 heterocycles. The molecule has 2 atom stereocenters. The van der Waals surface area contributed by atoms with E-state index >= 15 is 0 Å². The Balaban J connectivity index is 2.18. The summed E-state index contributed by atoms with van der Waals surface area (Å²) in [5, 5.41) is 10.6. The molecule has 5 heteroatoms. The molecule has 0 aromatic heterocycles. The minimum Gasteiger partial charge on any atom is -0.390 e. The highest BCUT2D eigenvalue weighted by atomic mass is 19.1. The first-order valence-electron chi connectivity index (χ1n) is 7.16. The molecule has 1 aliphatic heterocycles. The van der Waals surface area contributed by atoms with Gasteiger partial charge in [-0.15, -0.1) is 0 Å². The van der Waals surface area contributed by atoms with Crippen LogP contribution in [0, 0.1) is 11.2 Å². The van der Waals surface area contributed by atoms with Gasteiger partial charge in [-0.1, -0.05) is 0 Å². The highest BCUT2D eigenvalue weighted by Crippen LogP contribution is 2.45. The van der Waals surface area contributed by atoms with Crippen LogP contribution in [0.4, 0.5) is 4.39 Å². The van der Waals surface area contributed by atoms with Crippen LogP contribution in [0.2, 0.25) is 0 Å². The number of halogens is 1. The molecule has 2 aliphatic rings. The van der Waals surface area contributed by atoms with Crippen LogP contribution in [-0.4, -0.2) is 34.3 Å². The number of carbonyl (C=O) groups is 2. The second kappa shape index (κ2) is 4.63. The van der Waals surface area contributed by atoms with Gasteiger partial charge in [0.1, 0.15) is 5.82 Å². The summed E-state index contributed by atoms with van der Waals surface area (Å²) in [6.07, 6.45) is 0.116. The number of hydrogen-bond acceptors (Lipinski definition) is 3. The maximum absolute atomic E-state index is 13.6. The van der Waals surface area contributed by atoms with E-state index in [-0.39, 0.29) is 11.7 Å². The number of nitrogens with zero attached hydrogens (tertiary/aromatic N) is 1. The number of ketones is 1. The normalized spacial score (nSPS) is 27.9. The fraction of sp³-hybridized carbons (Fsp3) is 0.500. The Morgan fingerprint density at radius 2 is 2.05 bits per heavy atom. The van der Waals surface area contributed by atoms with E-state index in [1.807, 2.05) is 0 Å². The zero-order valence-electron chi connectivity index (χ0n) is 12.1. The molecule has 1 fully saturated rings. The van der Waals surface area contributed by atoms with Crippen LogP contribution >= 0.6 is 0 Å². The summed E-state index contributed by atoms with van der Waals surface area (Å²) in [4.78, 5) is 26.1. The van der Waals surface area contributed by atoms with Gasteiger partial charge in [-0.3, -0.25) is 9.59 Å². The summed E-state index contributed by atoms with van der Waals surface area (Å²) in [5.41, 5.74) is -0.184. The predicted octanol–water partition coefficient (Wildman–Crippen LogP) is 2.07. The van der Waals surface area contributed by atoms with Crippen molar-refractivity contribution in [2.75, 3.05) is 6.54 Å². The third-order valence-corrected chi connectivity index (χ3v) is 4.65. The lowest BCUT2D eigenvalue weighted by Crippen LogP contribution is -2.51. The van der Waals surface area contributed by atoms with Gasteiger partial charge < -0.3 is 10.0 Å². The molecule has 1 aromatic rings. The summed E-state index contributed by atoms with van der Waals surface area (Å²) in [6.45, 7) is 3.86. The summed E-state index contributed by atoms with van der Waals surface area (Å²) in [7, 11) is 0. The molecule has 0 radical (unpaired) electrons.